The number of nitrogens with one attached hydrogen (secondary N) is 2. The van der Waals surface area contributed by atoms with Crippen LogP contribution in [0.5, 0.6) is 5.88 Å². The van der Waals surface area contributed by atoms with Crippen molar-refractivity contribution >= 4 is 22.7 Å². The van der Waals surface area contributed by atoms with Crippen LogP contribution in [0.15, 0.2) is 42.6 Å². The van der Waals surface area contributed by atoms with Gasteiger partial charge in [0.25, 0.3) is 5.91 Å². The number of ether oxygens (including phenoxy) is 1. The van der Waals surface area contributed by atoms with E-state index in [9.17, 15) is 13.6 Å². The molecule has 2 aromatic rings. The first-order valence-electron chi connectivity index (χ1n) is 9.24. The average Bonchev–Trinajstić information content (AvgIpc) is 2.72. The van der Waals surface area contributed by atoms with Crippen LogP contribution in [0.3, 0.4) is 0 Å². The van der Waals surface area contributed by atoms with Crippen LogP contribution >= 0.6 is 0 Å². The summed E-state index contributed by atoms with van der Waals surface area (Å²) in [5, 5.41) is 5.23. The van der Waals surface area contributed by atoms with Crippen molar-refractivity contribution in [3.63, 3.8) is 0 Å². The van der Waals surface area contributed by atoms with Gasteiger partial charge in [-0.3, -0.25) is 9.00 Å². The van der Waals surface area contributed by atoms with Crippen molar-refractivity contribution in [3.05, 3.63) is 53.7 Å². The molecule has 0 saturated carbocycles. The Hall–Kier alpha value is -2.45. The summed E-state index contributed by atoms with van der Waals surface area (Å²) in [6.07, 6.45) is 3.53. The van der Waals surface area contributed by atoms with Gasteiger partial charge < -0.3 is 19.9 Å². The lowest BCUT2D eigenvalue weighted by Crippen LogP contribution is -2.30. The molecule has 0 aliphatic heterocycles. The second-order valence-corrected chi connectivity index (χ2v) is 7.39. The second-order valence-electron chi connectivity index (χ2n) is 6.30. The molecule has 0 saturated heterocycles. The van der Waals surface area contributed by atoms with Crippen molar-refractivity contribution in [2.75, 3.05) is 12.4 Å². The van der Waals surface area contributed by atoms with E-state index in [1.807, 2.05) is 19.9 Å². The van der Waals surface area contributed by atoms with Gasteiger partial charge in [0.05, 0.1) is 24.1 Å². The summed E-state index contributed by atoms with van der Waals surface area (Å²) in [7, 11) is 1.55. The highest BCUT2D eigenvalue weighted by Crippen LogP contribution is 2.22. The molecule has 3 atom stereocenters. The summed E-state index contributed by atoms with van der Waals surface area (Å²) in [6, 6.07) is 10.3. The Labute approximate surface area is 168 Å². The molecule has 0 radical (unpaired) electrons. The molecule has 7 nitrogen and oxygen atoms in total. The lowest BCUT2D eigenvalue weighted by Gasteiger charge is -2.24. The highest BCUT2D eigenvalue weighted by molar-refractivity contribution is 7.79. The highest BCUT2D eigenvalue weighted by atomic mass is 32.2. The van der Waals surface area contributed by atoms with Gasteiger partial charge in [-0.05, 0) is 41.6 Å². The molecular formula is C20H26N3O4S-. The zero-order chi connectivity index (χ0) is 20.5. The number of aromatic nitrogens is 1. The molecule has 8 heteroatoms. The molecule has 0 aliphatic carbocycles. The average molecular weight is 405 g/mol. The maximum atomic E-state index is 12.9. The Morgan fingerprint density at radius 3 is 2.57 bits per heavy atom. The van der Waals surface area contributed by atoms with Gasteiger partial charge in [-0.1, -0.05) is 38.5 Å². The molecule has 1 aromatic heterocycles. The standard InChI is InChI=1S/C20H27N3O4S/c1-4-8-19(28(25)26)22-17-10-7-6-9-15(17)20(24)23-16(5-2)14-11-12-18(27-3)21-13-14/h6-7,9-13,16,19,22H,4-5,8H2,1-3H3,(H,23,24)(H,25,26)/p-1. The molecular weight excluding hydrogens is 378 g/mol. The van der Waals surface area contributed by atoms with Gasteiger partial charge >= 0.3 is 0 Å². The lowest BCUT2D eigenvalue weighted by atomic mass is 10.1. The summed E-state index contributed by atoms with van der Waals surface area (Å²) in [5.41, 5.74) is 1.76. The fourth-order valence-electron chi connectivity index (χ4n) is 2.83. The van der Waals surface area contributed by atoms with Crippen molar-refractivity contribution in [2.24, 2.45) is 0 Å². The van der Waals surface area contributed by atoms with E-state index >= 15 is 0 Å². The number of nitrogens with zero attached hydrogens (tertiary/aromatic N) is 1. The molecule has 28 heavy (non-hydrogen) atoms. The van der Waals surface area contributed by atoms with Crippen molar-refractivity contribution in [2.45, 2.75) is 44.5 Å². The van der Waals surface area contributed by atoms with E-state index in [1.165, 1.54) is 0 Å². The van der Waals surface area contributed by atoms with Crippen molar-refractivity contribution < 1.29 is 18.3 Å². The Kier molecular flexibility index (Phi) is 8.41. The number of methoxy groups -OCH3 is 1. The van der Waals surface area contributed by atoms with E-state index in [2.05, 4.69) is 15.6 Å². The van der Waals surface area contributed by atoms with Gasteiger partial charge in [0.15, 0.2) is 0 Å². The number of hydrogen-bond donors (Lipinski definition) is 2. The summed E-state index contributed by atoms with van der Waals surface area (Å²) in [4.78, 5) is 17.1. The lowest BCUT2D eigenvalue weighted by molar-refractivity contribution is 0.0936. The third kappa shape index (κ3) is 5.77. The first-order chi connectivity index (χ1) is 13.5. The van der Waals surface area contributed by atoms with Crippen LogP contribution < -0.4 is 15.4 Å². The number of carbonyl (C=O) groups is 1. The minimum atomic E-state index is -2.28. The largest absolute Gasteiger partial charge is 0.771 e. The van der Waals surface area contributed by atoms with E-state index in [-0.39, 0.29) is 11.9 Å². The zero-order valence-corrected chi connectivity index (χ0v) is 17.1. The Morgan fingerprint density at radius 2 is 2.00 bits per heavy atom. The van der Waals surface area contributed by atoms with Crippen LogP contribution in [-0.4, -0.2) is 32.1 Å². The fraction of sp³-hybridized carbons (Fsp3) is 0.400. The Bertz CT molecular complexity index is 798. The van der Waals surface area contributed by atoms with Crippen molar-refractivity contribution in [1.82, 2.24) is 10.3 Å². The molecule has 0 fully saturated rings. The molecule has 1 amide bonds. The number of pyridine rings is 1. The van der Waals surface area contributed by atoms with Crippen molar-refractivity contribution in [1.29, 1.82) is 0 Å². The maximum Gasteiger partial charge on any atom is 0.253 e. The van der Waals surface area contributed by atoms with Crippen LogP contribution in [0.2, 0.25) is 0 Å². The predicted molar refractivity (Wildman–Crippen MR) is 109 cm³/mol. The number of hydrogen-bond acceptors (Lipinski definition) is 6. The SMILES string of the molecule is CCCC(Nc1ccccc1C(=O)NC(CC)c1ccc(OC)nc1)S(=O)[O-]. The van der Waals surface area contributed by atoms with Crippen molar-refractivity contribution in [3.8, 4) is 5.88 Å². The number of carbonyl (C=O) groups excluding carboxylic acids is 1. The number of para-hydroxylation sites is 1. The van der Waals surface area contributed by atoms with Gasteiger partial charge in [0.1, 0.15) is 0 Å². The third-order valence-corrected chi connectivity index (χ3v) is 5.17. The van der Waals surface area contributed by atoms with Gasteiger partial charge in [-0.15, -0.1) is 0 Å². The highest BCUT2D eigenvalue weighted by Gasteiger charge is 2.18. The van der Waals surface area contributed by atoms with E-state index < -0.39 is 16.5 Å². The van der Waals surface area contributed by atoms with Crippen LogP contribution in [0.4, 0.5) is 5.69 Å². The van der Waals surface area contributed by atoms with Crippen LogP contribution in [0.25, 0.3) is 0 Å². The molecule has 3 unspecified atom stereocenters. The van der Waals surface area contributed by atoms with E-state index in [4.69, 9.17) is 4.74 Å². The smallest absolute Gasteiger partial charge is 0.253 e. The first kappa shape index (κ1) is 21.8. The molecule has 0 aliphatic rings. The third-order valence-electron chi connectivity index (χ3n) is 4.36. The van der Waals surface area contributed by atoms with E-state index in [0.29, 0.717) is 36.4 Å². The molecule has 152 valence electrons. The second kappa shape index (κ2) is 10.8. The molecule has 0 bridgehead atoms. The topological polar surface area (TPSA) is 103 Å². The Balaban J connectivity index is 2.19. The molecule has 1 aromatic carbocycles. The Morgan fingerprint density at radius 1 is 1.25 bits per heavy atom. The number of anilines is 1. The van der Waals surface area contributed by atoms with Gasteiger partial charge in [-0.25, -0.2) is 4.98 Å². The summed E-state index contributed by atoms with van der Waals surface area (Å²) in [5.74, 6) is 0.227. The zero-order valence-electron chi connectivity index (χ0n) is 16.3. The summed E-state index contributed by atoms with van der Waals surface area (Å²) in [6.45, 7) is 3.88. The van der Waals surface area contributed by atoms with E-state index in [0.717, 1.165) is 5.56 Å². The van der Waals surface area contributed by atoms with Gasteiger partial charge in [0, 0.05) is 18.0 Å². The molecule has 2 N–H and O–H groups in total. The maximum absolute atomic E-state index is 12.9. The minimum Gasteiger partial charge on any atom is -0.771 e. The van der Waals surface area contributed by atoms with Crippen LogP contribution in [0, 0.1) is 0 Å². The summed E-state index contributed by atoms with van der Waals surface area (Å²) < 4.78 is 28.0. The number of rotatable bonds is 10. The molecule has 0 spiro atoms. The predicted octanol–water partition coefficient (Wildman–Crippen LogP) is 3.39. The van der Waals surface area contributed by atoms with E-state index in [1.54, 1.807) is 43.6 Å². The van der Waals surface area contributed by atoms with Crippen LogP contribution in [0.1, 0.15) is 55.1 Å². The fourth-order valence-corrected chi connectivity index (χ4v) is 3.49. The number of amides is 1. The molecule has 2 rings (SSSR count). The summed E-state index contributed by atoms with van der Waals surface area (Å²) >= 11 is -2.28. The minimum absolute atomic E-state index is 0.223. The monoisotopic (exact) mass is 404 g/mol. The van der Waals surface area contributed by atoms with Gasteiger partial charge in [0.2, 0.25) is 5.88 Å². The normalized spacial score (nSPS) is 14.0. The first-order valence-corrected chi connectivity index (χ1v) is 10.4. The van der Waals surface area contributed by atoms with Crippen LogP contribution in [-0.2, 0) is 11.1 Å². The molecule has 1 heterocycles. The number of benzene rings is 1. The quantitative estimate of drug-likeness (QED) is 0.588. The van der Waals surface area contributed by atoms with Gasteiger partial charge in [-0.2, -0.15) is 0 Å².